The predicted octanol–water partition coefficient (Wildman–Crippen LogP) is 3.64. The number of ether oxygens (including phenoxy) is 1. The molecule has 1 saturated heterocycles. The lowest BCUT2D eigenvalue weighted by Crippen LogP contribution is -2.43. The SMILES string of the molecule is CCNCC1(Cc2c(C)cccc2C)CCOC1C1CC1. The summed E-state index contributed by atoms with van der Waals surface area (Å²) in [6.45, 7) is 9.80. The van der Waals surface area contributed by atoms with Crippen LogP contribution in [0.2, 0.25) is 0 Å². The van der Waals surface area contributed by atoms with Gasteiger partial charge in [-0.25, -0.2) is 0 Å². The van der Waals surface area contributed by atoms with E-state index in [2.05, 4.69) is 44.3 Å². The summed E-state index contributed by atoms with van der Waals surface area (Å²) in [4.78, 5) is 0. The fourth-order valence-corrected chi connectivity index (χ4v) is 4.04. The van der Waals surface area contributed by atoms with Crippen LogP contribution in [0.5, 0.6) is 0 Å². The van der Waals surface area contributed by atoms with E-state index in [1.165, 1.54) is 36.8 Å². The summed E-state index contributed by atoms with van der Waals surface area (Å²) in [5, 5.41) is 3.62. The normalized spacial score (nSPS) is 29.0. The van der Waals surface area contributed by atoms with E-state index in [0.717, 1.165) is 25.6 Å². The Morgan fingerprint density at radius 1 is 1.24 bits per heavy atom. The number of nitrogens with one attached hydrogen (secondary N) is 1. The topological polar surface area (TPSA) is 21.3 Å². The average molecular weight is 287 g/mol. The molecule has 1 aliphatic carbocycles. The van der Waals surface area contributed by atoms with Crippen LogP contribution in [0.3, 0.4) is 0 Å². The van der Waals surface area contributed by atoms with E-state index in [4.69, 9.17) is 4.74 Å². The second-order valence-corrected chi connectivity index (χ2v) is 7.07. The van der Waals surface area contributed by atoms with Crippen LogP contribution in [0.4, 0.5) is 0 Å². The molecule has 0 bridgehead atoms. The summed E-state index contributed by atoms with van der Waals surface area (Å²) in [6, 6.07) is 6.69. The summed E-state index contributed by atoms with van der Waals surface area (Å²) in [6.07, 6.45) is 5.57. The lowest BCUT2D eigenvalue weighted by Gasteiger charge is -2.36. The van der Waals surface area contributed by atoms with E-state index in [9.17, 15) is 0 Å². The second kappa shape index (κ2) is 6.10. The predicted molar refractivity (Wildman–Crippen MR) is 87.7 cm³/mol. The molecule has 2 atom stereocenters. The van der Waals surface area contributed by atoms with Crippen LogP contribution in [-0.4, -0.2) is 25.8 Å². The monoisotopic (exact) mass is 287 g/mol. The van der Waals surface area contributed by atoms with Gasteiger partial charge < -0.3 is 10.1 Å². The third-order valence-electron chi connectivity index (χ3n) is 5.45. The fraction of sp³-hybridized carbons (Fsp3) is 0.684. The largest absolute Gasteiger partial charge is 0.377 e. The number of aryl methyl sites for hydroxylation is 2. The molecule has 0 radical (unpaired) electrons. The maximum Gasteiger partial charge on any atom is 0.0675 e. The van der Waals surface area contributed by atoms with Gasteiger partial charge in [0.05, 0.1) is 6.10 Å². The van der Waals surface area contributed by atoms with Crippen molar-refractivity contribution in [3.05, 3.63) is 34.9 Å². The summed E-state index contributed by atoms with van der Waals surface area (Å²) in [5.41, 5.74) is 4.72. The van der Waals surface area contributed by atoms with Gasteiger partial charge in [-0.2, -0.15) is 0 Å². The number of hydrogen-bond acceptors (Lipinski definition) is 2. The molecule has 2 nitrogen and oxygen atoms in total. The molecule has 0 spiro atoms. The van der Waals surface area contributed by atoms with Crippen LogP contribution in [0, 0.1) is 25.2 Å². The Morgan fingerprint density at radius 3 is 2.57 bits per heavy atom. The molecule has 3 rings (SSSR count). The fourth-order valence-electron chi connectivity index (χ4n) is 4.04. The first-order valence-electron chi connectivity index (χ1n) is 8.54. The third-order valence-corrected chi connectivity index (χ3v) is 5.45. The van der Waals surface area contributed by atoms with E-state index in [0.29, 0.717) is 11.5 Å². The first-order chi connectivity index (χ1) is 10.2. The molecule has 0 amide bonds. The van der Waals surface area contributed by atoms with E-state index in [1.807, 2.05) is 0 Å². The summed E-state index contributed by atoms with van der Waals surface area (Å²) < 4.78 is 6.20. The molecule has 116 valence electrons. The molecule has 1 heterocycles. The highest BCUT2D eigenvalue weighted by Gasteiger charge is 2.50. The van der Waals surface area contributed by atoms with Crippen molar-refractivity contribution in [1.82, 2.24) is 5.32 Å². The van der Waals surface area contributed by atoms with Gasteiger partial charge in [0.1, 0.15) is 0 Å². The first-order valence-corrected chi connectivity index (χ1v) is 8.54. The molecule has 2 fully saturated rings. The molecule has 2 unspecified atom stereocenters. The Hall–Kier alpha value is -0.860. The Labute approximate surface area is 129 Å². The minimum atomic E-state index is 0.300. The van der Waals surface area contributed by atoms with E-state index in [1.54, 1.807) is 5.56 Å². The molecular formula is C19H29NO. The summed E-state index contributed by atoms with van der Waals surface area (Å²) >= 11 is 0. The maximum atomic E-state index is 6.20. The van der Waals surface area contributed by atoms with Gasteiger partial charge in [-0.3, -0.25) is 0 Å². The van der Waals surface area contributed by atoms with Gasteiger partial charge in [0, 0.05) is 18.6 Å². The summed E-state index contributed by atoms with van der Waals surface area (Å²) in [5.74, 6) is 0.815. The van der Waals surface area contributed by atoms with Crippen LogP contribution >= 0.6 is 0 Å². The molecular weight excluding hydrogens is 258 g/mol. The smallest absolute Gasteiger partial charge is 0.0675 e. The van der Waals surface area contributed by atoms with Gasteiger partial charge in [0.25, 0.3) is 0 Å². The molecule has 2 heteroatoms. The zero-order chi connectivity index (χ0) is 14.9. The molecule has 1 aromatic rings. The van der Waals surface area contributed by atoms with Crippen LogP contribution in [0.15, 0.2) is 18.2 Å². The van der Waals surface area contributed by atoms with Crippen LogP contribution in [-0.2, 0) is 11.2 Å². The van der Waals surface area contributed by atoms with Crippen molar-refractivity contribution in [2.24, 2.45) is 11.3 Å². The van der Waals surface area contributed by atoms with Gasteiger partial charge in [0.2, 0.25) is 0 Å². The van der Waals surface area contributed by atoms with Crippen LogP contribution in [0.25, 0.3) is 0 Å². The Bertz CT molecular complexity index is 474. The van der Waals surface area contributed by atoms with Gasteiger partial charge in [-0.05, 0) is 68.7 Å². The highest BCUT2D eigenvalue weighted by molar-refractivity contribution is 5.35. The van der Waals surface area contributed by atoms with Crippen molar-refractivity contribution < 1.29 is 4.74 Å². The van der Waals surface area contributed by atoms with E-state index < -0.39 is 0 Å². The van der Waals surface area contributed by atoms with Gasteiger partial charge in [-0.1, -0.05) is 25.1 Å². The first kappa shape index (κ1) is 15.1. The van der Waals surface area contributed by atoms with Crippen molar-refractivity contribution in [3.63, 3.8) is 0 Å². The van der Waals surface area contributed by atoms with Crippen LogP contribution < -0.4 is 5.32 Å². The minimum Gasteiger partial charge on any atom is -0.377 e. The van der Waals surface area contributed by atoms with Gasteiger partial charge >= 0.3 is 0 Å². The lowest BCUT2D eigenvalue weighted by molar-refractivity contribution is 0.0307. The molecule has 1 saturated carbocycles. The summed E-state index contributed by atoms with van der Waals surface area (Å²) in [7, 11) is 0. The number of benzene rings is 1. The minimum absolute atomic E-state index is 0.300. The number of rotatable bonds is 6. The van der Waals surface area contributed by atoms with Crippen LogP contribution in [0.1, 0.15) is 42.9 Å². The molecule has 1 aromatic carbocycles. The second-order valence-electron chi connectivity index (χ2n) is 7.07. The zero-order valence-electron chi connectivity index (χ0n) is 13.7. The molecule has 1 aliphatic heterocycles. The Balaban J connectivity index is 1.88. The Morgan fingerprint density at radius 2 is 1.95 bits per heavy atom. The van der Waals surface area contributed by atoms with E-state index in [-0.39, 0.29) is 0 Å². The molecule has 0 aromatic heterocycles. The van der Waals surface area contributed by atoms with Gasteiger partial charge in [0.15, 0.2) is 0 Å². The van der Waals surface area contributed by atoms with Crippen molar-refractivity contribution in [3.8, 4) is 0 Å². The quantitative estimate of drug-likeness (QED) is 0.862. The highest BCUT2D eigenvalue weighted by atomic mass is 16.5. The standard InChI is InChI=1S/C19H29NO/c1-4-20-13-19(10-11-21-18(19)16-8-9-16)12-17-14(2)6-5-7-15(17)3/h5-7,16,18,20H,4,8-13H2,1-3H3. The van der Waals surface area contributed by atoms with Crippen molar-refractivity contribution >= 4 is 0 Å². The molecule has 21 heavy (non-hydrogen) atoms. The average Bonchev–Trinajstić information content (AvgIpc) is 3.23. The van der Waals surface area contributed by atoms with E-state index >= 15 is 0 Å². The van der Waals surface area contributed by atoms with Crippen molar-refractivity contribution in [1.29, 1.82) is 0 Å². The zero-order valence-corrected chi connectivity index (χ0v) is 13.7. The van der Waals surface area contributed by atoms with Gasteiger partial charge in [-0.15, -0.1) is 0 Å². The maximum absolute atomic E-state index is 6.20. The third kappa shape index (κ3) is 3.02. The van der Waals surface area contributed by atoms with Crippen molar-refractivity contribution in [2.45, 2.75) is 52.6 Å². The lowest BCUT2D eigenvalue weighted by atomic mass is 9.72. The molecule has 2 aliphatic rings. The Kier molecular flexibility index (Phi) is 4.37. The molecule has 1 N–H and O–H groups in total. The number of hydrogen-bond donors (Lipinski definition) is 1. The highest BCUT2D eigenvalue weighted by Crippen LogP contribution is 2.49. The van der Waals surface area contributed by atoms with Crippen molar-refractivity contribution in [2.75, 3.05) is 19.7 Å².